The zero-order valence-corrected chi connectivity index (χ0v) is 22.7. The minimum Gasteiger partial charge on any atom is -0.494 e. The van der Waals surface area contributed by atoms with Crippen LogP contribution in [0.1, 0.15) is 90.9 Å². The Bertz CT molecular complexity index is 851. The second kappa shape index (κ2) is 16.4. The molecular weight excluding hydrogens is 448 g/mol. The van der Waals surface area contributed by atoms with Gasteiger partial charge < -0.3 is 9.47 Å². The lowest BCUT2D eigenvalue weighted by atomic mass is 10.1. The number of hydrogen-bond donors (Lipinski definition) is 0. The monoisotopic (exact) mass is 492 g/mol. The second-order valence-electron chi connectivity index (χ2n) is 9.45. The molecule has 0 N–H and O–H groups in total. The van der Waals surface area contributed by atoms with Gasteiger partial charge in [0.25, 0.3) is 0 Å². The molecule has 0 radical (unpaired) electrons. The molecule has 0 aliphatic heterocycles. The van der Waals surface area contributed by atoms with Gasteiger partial charge in [0, 0.05) is 9.75 Å². The summed E-state index contributed by atoms with van der Waals surface area (Å²) in [6, 6.07) is 21.5. The van der Waals surface area contributed by atoms with Crippen LogP contribution in [0.2, 0.25) is 0 Å². The summed E-state index contributed by atoms with van der Waals surface area (Å²) in [4.78, 5) is 2.57. The van der Waals surface area contributed by atoms with Crippen LogP contribution < -0.4 is 9.47 Å². The van der Waals surface area contributed by atoms with Crippen LogP contribution in [0, 0.1) is 0 Å². The standard InChI is InChI=1S/C32H44O2S/c1-3-5-7-9-11-13-25-33-29-19-15-27(16-20-29)31-23-24-32(35-31)28-17-21-30(22-18-28)34-26-14-12-10-8-6-4-2/h15-24H,3-14,25-26H2,1-2H3. The van der Waals surface area contributed by atoms with Gasteiger partial charge >= 0.3 is 0 Å². The topological polar surface area (TPSA) is 18.5 Å². The van der Waals surface area contributed by atoms with E-state index in [2.05, 4.69) is 74.5 Å². The molecule has 0 aliphatic carbocycles. The number of benzene rings is 2. The van der Waals surface area contributed by atoms with E-state index in [-0.39, 0.29) is 0 Å². The maximum atomic E-state index is 5.94. The number of ether oxygens (including phenoxy) is 2. The first kappa shape index (κ1) is 27.3. The minimum absolute atomic E-state index is 0.813. The minimum atomic E-state index is 0.813. The zero-order valence-electron chi connectivity index (χ0n) is 21.9. The summed E-state index contributed by atoms with van der Waals surface area (Å²) in [7, 11) is 0. The predicted molar refractivity (Wildman–Crippen MR) is 153 cm³/mol. The molecule has 35 heavy (non-hydrogen) atoms. The van der Waals surface area contributed by atoms with E-state index in [9.17, 15) is 0 Å². The molecule has 2 aromatic carbocycles. The van der Waals surface area contributed by atoms with Crippen LogP contribution in [-0.2, 0) is 0 Å². The van der Waals surface area contributed by atoms with Crippen molar-refractivity contribution in [2.45, 2.75) is 90.9 Å². The fourth-order valence-corrected chi connectivity index (χ4v) is 5.24. The Morgan fingerprint density at radius 2 is 0.829 bits per heavy atom. The van der Waals surface area contributed by atoms with Crippen molar-refractivity contribution >= 4 is 11.3 Å². The van der Waals surface area contributed by atoms with E-state index in [1.807, 2.05) is 11.3 Å². The van der Waals surface area contributed by atoms with Crippen LogP contribution in [0.3, 0.4) is 0 Å². The van der Waals surface area contributed by atoms with Crippen molar-refractivity contribution in [3.05, 3.63) is 60.7 Å². The number of thiophene rings is 1. The molecular formula is C32H44O2S. The first-order valence-electron chi connectivity index (χ1n) is 13.9. The zero-order chi connectivity index (χ0) is 24.6. The van der Waals surface area contributed by atoms with E-state index in [1.54, 1.807) is 0 Å². The quantitative estimate of drug-likeness (QED) is 0.164. The van der Waals surface area contributed by atoms with Crippen molar-refractivity contribution in [2.24, 2.45) is 0 Å². The average molecular weight is 493 g/mol. The fourth-order valence-electron chi connectivity index (χ4n) is 4.22. The molecule has 3 aromatic rings. The van der Waals surface area contributed by atoms with Crippen molar-refractivity contribution in [3.63, 3.8) is 0 Å². The molecule has 3 rings (SSSR count). The van der Waals surface area contributed by atoms with Gasteiger partial charge in [-0.05, 0) is 84.6 Å². The average Bonchev–Trinajstić information content (AvgIpc) is 3.39. The predicted octanol–water partition coefficient (Wildman–Crippen LogP) is 10.6. The Morgan fingerprint density at radius 1 is 0.457 bits per heavy atom. The lowest BCUT2D eigenvalue weighted by Crippen LogP contribution is -1.97. The van der Waals surface area contributed by atoms with Crippen LogP contribution in [-0.4, -0.2) is 13.2 Å². The Morgan fingerprint density at radius 3 is 1.23 bits per heavy atom. The van der Waals surface area contributed by atoms with E-state index in [0.717, 1.165) is 37.6 Å². The largest absolute Gasteiger partial charge is 0.494 e. The van der Waals surface area contributed by atoms with E-state index >= 15 is 0 Å². The van der Waals surface area contributed by atoms with E-state index < -0.39 is 0 Å². The van der Waals surface area contributed by atoms with Crippen molar-refractivity contribution in [2.75, 3.05) is 13.2 Å². The molecule has 0 saturated heterocycles. The summed E-state index contributed by atoms with van der Waals surface area (Å²) >= 11 is 1.83. The van der Waals surface area contributed by atoms with Gasteiger partial charge in [-0.3, -0.25) is 0 Å². The molecule has 0 saturated carbocycles. The van der Waals surface area contributed by atoms with Crippen molar-refractivity contribution in [3.8, 4) is 32.4 Å². The molecule has 0 aliphatic rings. The molecule has 1 heterocycles. The van der Waals surface area contributed by atoms with Gasteiger partial charge in [0.05, 0.1) is 13.2 Å². The molecule has 190 valence electrons. The smallest absolute Gasteiger partial charge is 0.119 e. The van der Waals surface area contributed by atoms with Crippen molar-refractivity contribution in [1.29, 1.82) is 0 Å². The van der Waals surface area contributed by atoms with Gasteiger partial charge in [0.15, 0.2) is 0 Å². The summed E-state index contributed by atoms with van der Waals surface area (Å²) in [6.45, 7) is 6.14. The molecule has 0 atom stereocenters. The van der Waals surface area contributed by atoms with Crippen LogP contribution in [0.4, 0.5) is 0 Å². The first-order chi connectivity index (χ1) is 17.3. The Hall–Kier alpha value is -2.26. The number of rotatable bonds is 18. The molecule has 0 amide bonds. The lowest BCUT2D eigenvalue weighted by Gasteiger charge is -2.07. The SMILES string of the molecule is CCCCCCCCOc1ccc(-c2ccc(-c3ccc(OCCCCCCCC)cc3)s2)cc1. The Labute approximate surface area is 217 Å². The summed E-state index contributed by atoms with van der Waals surface area (Å²) in [5.74, 6) is 1.94. The van der Waals surface area contributed by atoms with Gasteiger partial charge in [-0.1, -0.05) is 78.1 Å². The molecule has 2 nitrogen and oxygen atoms in total. The highest BCUT2D eigenvalue weighted by atomic mass is 32.1. The number of hydrogen-bond acceptors (Lipinski definition) is 3. The van der Waals surface area contributed by atoms with Gasteiger partial charge in [-0.25, -0.2) is 0 Å². The van der Waals surface area contributed by atoms with Gasteiger partial charge in [0.2, 0.25) is 0 Å². The lowest BCUT2D eigenvalue weighted by molar-refractivity contribution is 0.304. The summed E-state index contributed by atoms with van der Waals surface area (Å²) in [5.41, 5.74) is 2.49. The van der Waals surface area contributed by atoms with Crippen molar-refractivity contribution < 1.29 is 9.47 Å². The van der Waals surface area contributed by atoms with Crippen LogP contribution in [0.5, 0.6) is 11.5 Å². The van der Waals surface area contributed by atoms with Gasteiger partial charge in [-0.2, -0.15) is 0 Å². The highest BCUT2D eigenvalue weighted by molar-refractivity contribution is 7.18. The van der Waals surface area contributed by atoms with E-state index in [0.29, 0.717) is 0 Å². The first-order valence-corrected chi connectivity index (χ1v) is 14.7. The molecule has 0 unspecified atom stereocenters. The molecule has 0 fully saturated rings. The van der Waals surface area contributed by atoms with Gasteiger partial charge in [0.1, 0.15) is 11.5 Å². The second-order valence-corrected chi connectivity index (χ2v) is 10.5. The third-order valence-corrected chi connectivity index (χ3v) is 7.60. The van der Waals surface area contributed by atoms with Gasteiger partial charge in [-0.15, -0.1) is 11.3 Å². The molecule has 1 aromatic heterocycles. The maximum absolute atomic E-state index is 5.94. The van der Waals surface area contributed by atoms with Crippen LogP contribution in [0.25, 0.3) is 20.9 Å². The molecule has 0 spiro atoms. The normalized spacial score (nSPS) is 11.0. The van der Waals surface area contributed by atoms with Crippen LogP contribution in [0.15, 0.2) is 60.7 Å². The third-order valence-electron chi connectivity index (χ3n) is 6.42. The summed E-state index contributed by atoms with van der Waals surface area (Å²) in [6.07, 6.45) is 15.5. The Balaban J connectivity index is 1.41. The third kappa shape index (κ3) is 10.1. The Kier molecular flexibility index (Phi) is 12.8. The molecule has 3 heteroatoms. The maximum Gasteiger partial charge on any atom is 0.119 e. The van der Waals surface area contributed by atoms with E-state index in [4.69, 9.17) is 9.47 Å². The molecule has 0 bridgehead atoms. The van der Waals surface area contributed by atoms with E-state index in [1.165, 1.54) is 85.1 Å². The van der Waals surface area contributed by atoms with Crippen LogP contribution >= 0.6 is 11.3 Å². The fraction of sp³-hybridized carbons (Fsp3) is 0.500. The van der Waals surface area contributed by atoms with Crippen molar-refractivity contribution in [1.82, 2.24) is 0 Å². The highest BCUT2D eigenvalue weighted by Gasteiger charge is 2.06. The summed E-state index contributed by atoms with van der Waals surface area (Å²) in [5, 5.41) is 0. The number of unbranched alkanes of at least 4 members (excludes halogenated alkanes) is 10. The highest BCUT2D eigenvalue weighted by Crippen LogP contribution is 2.35. The summed E-state index contributed by atoms with van der Waals surface area (Å²) < 4.78 is 11.9.